The fourth-order valence-electron chi connectivity index (χ4n) is 2.70. The Hall–Kier alpha value is -0.690. The number of azide groups is 1. The monoisotopic (exact) mass is 294 g/mol. The minimum Gasteiger partial charge on any atom is -0.0902 e. The Balaban J connectivity index is 2.94. The third kappa shape index (κ3) is 19.3. The summed E-state index contributed by atoms with van der Waals surface area (Å²) in [5.41, 5.74) is 8.12. The Labute approximate surface area is 132 Å². The molecule has 123 valence electrons. The van der Waals surface area contributed by atoms with E-state index in [1.807, 2.05) is 0 Å². The van der Waals surface area contributed by atoms with Crippen LogP contribution < -0.4 is 0 Å². The predicted octanol–water partition coefficient (Wildman–Crippen LogP) is 7.72. The molecule has 0 saturated carbocycles. The van der Waals surface area contributed by atoms with Crippen LogP contribution in [0.1, 0.15) is 110 Å². The van der Waals surface area contributed by atoms with E-state index in [1.165, 1.54) is 89.9 Å². The molecule has 0 unspecified atom stereocenters. The van der Waals surface area contributed by atoms with Gasteiger partial charge in [0.25, 0.3) is 0 Å². The van der Waals surface area contributed by atoms with Crippen LogP contribution in [0.15, 0.2) is 5.11 Å². The van der Waals surface area contributed by atoms with Gasteiger partial charge in [-0.1, -0.05) is 108 Å². The highest BCUT2D eigenvalue weighted by molar-refractivity contribution is 4.61. The fraction of sp³-hybridized carbons (Fsp3) is 0.944. The molecule has 0 aliphatic rings. The van der Waals surface area contributed by atoms with Crippen LogP contribution in [-0.4, -0.2) is 0 Å². The van der Waals surface area contributed by atoms with Crippen LogP contribution in [0, 0.1) is 6.54 Å². The second-order valence-electron chi connectivity index (χ2n) is 6.13. The molecule has 0 rings (SSSR count). The van der Waals surface area contributed by atoms with E-state index in [0.717, 1.165) is 12.8 Å². The predicted molar refractivity (Wildman–Crippen MR) is 93.0 cm³/mol. The molecular weight excluding hydrogens is 258 g/mol. The first kappa shape index (κ1) is 20.3. The van der Waals surface area contributed by atoms with Crippen LogP contribution >= 0.6 is 0 Å². The molecule has 0 aliphatic carbocycles. The molecule has 1 radical (unpaired) electrons. The maximum Gasteiger partial charge on any atom is 0.0458 e. The van der Waals surface area contributed by atoms with Crippen molar-refractivity contribution in [3.63, 3.8) is 0 Å². The standard InChI is InChI=1S/C18H36N3/c1-2-3-4-5-6-7-8-9-10-11-12-13-14-15-16-17-18-20-21-19/h18H,2-17H2,1H3. The lowest BCUT2D eigenvalue weighted by Crippen LogP contribution is -1.83. The van der Waals surface area contributed by atoms with Gasteiger partial charge in [-0.05, 0) is 12.0 Å². The van der Waals surface area contributed by atoms with Gasteiger partial charge in [-0.15, -0.1) is 0 Å². The number of hydrogen-bond donors (Lipinski definition) is 0. The SMILES string of the molecule is CCCCCCCCCCCCCCCCC[CH]N=[N+]=[N-]. The molecule has 0 heterocycles. The number of nitrogens with zero attached hydrogens (tertiary/aromatic N) is 3. The van der Waals surface area contributed by atoms with Crippen LogP contribution in [0.25, 0.3) is 10.4 Å². The average Bonchev–Trinajstić information content (AvgIpc) is 2.50. The number of hydrogen-bond acceptors (Lipinski definition) is 1. The Morgan fingerprint density at radius 3 is 1.43 bits per heavy atom. The second-order valence-corrected chi connectivity index (χ2v) is 6.13. The molecule has 0 aromatic heterocycles. The van der Waals surface area contributed by atoms with Crippen LogP contribution in [-0.2, 0) is 0 Å². The van der Waals surface area contributed by atoms with Crippen molar-refractivity contribution in [2.45, 2.75) is 110 Å². The van der Waals surface area contributed by atoms with Crippen molar-refractivity contribution in [1.29, 1.82) is 0 Å². The molecule has 21 heavy (non-hydrogen) atoms. The Morgan fingerprint density at radius 1 is 0.667 bits per heavy atom. The minimum absolute atomic E-state index is 0.933. The van der Waals surface area contributed by atoms with Crippen molar-refractivity contribution >= 4 is 0 Å². The summed E-state index contributed by atoms with van der Waals surface area (Å²) in [6, 6.07) is 0. The van der Waals surface area contributed by atoms with E-state index in [-0.39, 0.29) is 0 Å². The molecule has 0 aromatic carbocycles. The van der Waals surface area contributed by atoms with Crippen LogP contribution in [0.3, 0.4) is 0 Å². The number of rotatable bonds is 17. The molecule has 0 amide bonds. The van der Waals surface area contributed by atoms with Crippen molar-refractivity contribution in [3.8, 4) is 0 Å². The summed E-state index contributed by atoms with van der Waals surface area (Å²) in [7, 11) is 0. The zero-order valence-electron chi connectivity index (χ0n) is 14.2. The summed E-state index contributed by atoms with van der Waals surface area (Å²) in [5.74, 6) is 0. The van der Waals surface area contributed by atoms with E-state index in [1.54, 1.807) is 6.54 Å². The maximum atomic E-state index is 8.12. The van der Waals surface area contributed by atoms with E-state index in [2.05, 4.69) is 16.9 Å². The minimum atomic E-state index is 0.933. The van der Waals surface area contributed by atoms with Gasteiger partial charge in [0.15, 0.2) is 0 Å². The first-order valence-corrected chi connectivity index (χ1v) is 9.27. The van der Waals surface area contributed by atoms with E-state index in [9.17, 15) is 0 Å². The topological polar surface area (TPSA) is 48.8 Å². The van der Waals surface area contributed by atoms with Crippen molar-refractivity contribution in [2.24, 2.45) is 5.11 Å². The smallest absolute Gasteiger partial charge is 0.0458 e. The van der Waals surface area contributed by atoms with E-state index in [4.69, 9.17) is 5.53 Å². The fourth-order valence-corrected chi connectivity index (χ4v) is 2.70. The lowest BCUT2D eigenvalue weighted by Gasteiger charge is -2.03. The summed E-state index contributed by atoms with van der Waals surface area (Å²) in [6.45, 7) is 3.96. The van der Waals surface area contributed by atoms with E-state index in [0.29, 0.717) is 0 Å². The van der Waals surface area contributed by atoms with Crippen LogP contribution in [0.2, 0.25) is 0 Å². The summed E-state index contributed by atoms with van der Waals surface area (Å²) in [6.07, 6.45) is 21.8. The molecule has 0 bridgehead atoms. The van der Waals surface area contributed by atoms with Gasteiger partial charge >= 0.3 is 0 Å². The van der Waals surface area contributed by atoms with Gasteiger partial charge in [-0.3, -0.25) is 0 Å². The molecule has 0 spiro atoms. The van der Waals surface area contributed by atoms with Crippen LogP contribution in [0.4, 0.5) is 0 Å². The van der Waals surface area contributed by atoms with Gasteiger partial charge in [-0.2, -0.15) is 0 Å². The first-order chi connectivity index (χ1) is 10.4. The summed E-state index contributed by atoms with van der Waals surface area (Å²) in [4.78, 5) is 2.71. The van der Waals surface area contributed by atoms with Crippen molar-refractivity contribution in [3.05, 3.63) is 17.0 Å². The second kappa shape index (κ2) is 19.3. The maximum absolute atomic E-state index is 8.12. The largest absolute Gasteiger partial charge is 0.0902 e. The van der Waals surface area contributed by atoms with E-state index < -0.39 is 0 Å². The zero-order valence-corrected chi connectivity index (χ0v) is 14.2. The number of unbranched alkanes of at least 4 members (excludes halogenated alkanes) is 15. The van der Waals surface area contributed by atoms with Crippen molar-refractivity contribution in [1.82, 2.24) is 0 Å². The third-order valence-corrected chi connectivity index (χ3v) is 4.07. The van der Waals surface area contributed by atoms with Gasteiger partial charge in [0.05, 0.1) is 0 Å². The van der Waals surface area contributed by atoms with Gasteiger partial charge in [0, 0.05) is 11.5 Å². The van der Waals surface area contributed by atoms with Crippen molar-refractivity contribution < 1.29 is 0 Å². The Kier molecular flexibility index (Phi) is 18.7. The molecule has 0 atom stereocenters. The molecule has 3 heteroatoms. The van der Waals surface area contributed by atoms with Gasteiger partial charge < -0.3 is 0 Å². The highest BCUT2D eigenvalue weighted by Gasteiger charge is 1.94. The summed E-state index contributed by atoms with van der Waals surface area (Å²) < 4.78 is 0. The van der Waals surface area contributed by atoms with Gasteiger partial charge in [0.1, 0.15) is 0 Å². The normalized spacial score (nSPS) is 10.5. The highest BCUT2D eigenvalue weighted by Crippen LogP contribution is 2.13. The lowest BCUT2D eigenvalue weighted by atomic mass is 10.0. The molecular formula is C18H36N3. The van der Waals surface area contributed by atoms with Gasteiger partial charge in [0.2, 0.25) is 0 Å². The summed E-state index contributed by atoms with van der Waals surface area (Å²) >= 11 is 0. The van der Waals surface area contributed by atoms with E-state index >= 15 is 0 Å². The molecule has 0 saturated heterocycles. The quantitative estimate of drug-likeness (QED) is 0.114. The lowest BCUT2D eigenvalue weighted by molar-refractivity contribution is 0.532. The Morgan fingerprint density at radius 2 is 1.05 bits per heavy atom. The average molecular weight is 295 g/mol. The molecule has 0 aromatic rings. The van der Waals surface area contributed by atoms with Crippen LogP contribution in [0.5, 0.6) is 0 Å². The zero-order chi connectivity index (χ0) is 15.4. The molecule has 0 fully saturated rings. The molecule has 0 N–H and O–H groups in total. The third-order valence-electron chi connectivity index (χ3n) is 4.07. The summed E-state index contributed by atoms with van der Waals surface area (Å²) in [5, 5.41) is 3.43. The highest BCUT2D eigenvalue weighted by atomic mass is 15.1. The van der Waals surface area contributed by atoms with Crippen molar-refractivity contribution in [2.75, 3.05) is 0 Å². The van der Waals surface area contributed by atoms with Gasteiger partial charge in [-0.25, -0.2) is 0 Å². The first-order valence-electron chi connectivity index (χ1n) is 9.27. The molecule has 3 nitrogen and oxygen atoms in total. The Bertz CT molecular complexity index is 235. The molecule has 0 aliphatic heterocycles.